The minimum absolute atomic E-state index is 0.0599. The molecule has 30 heavy (non-hydrogen) atoms. The molecule has 154 valence electrons. The lowest BCUT2D eigenvalue weighted by Crippen LogP contribution is -2.24. The Balaban J connectivity index is 1.28. The Morgan fingerprint density at radius 1 is 1.17 bits per heavy atom. The first-order valence-corrected chi connectivity index (χ1v) is 10.2. The van der Waals surface area contributed by atoms with E-state index in [4.69, 9.17) is 9.15 Å². The van der Waals surface area contributed by atoms with Gasteiger partial charge in [0, 0.05) is 19.0 Å². The van der Waals surface area contributed by atoms with Gasteiger partial charge in [0.2, 0.25) is 5.88 Å². The summed E-state index contributed by atoms with van der Waals surface area (Å²) in [6, 6.07) is 18.0. The summed E-state index contributed by atoms with van der Waals surface area (Å²) in [5.74, 6) is 0.686. The summed E-state index contributed by atoms with van der Waals surface area (Å²) in [5.41, 5.74) is 2.79. The highest BCUT2D eigenvalue weighted by Crippen LogP contribution is 2.23. The van der Waals surface area contributed by atoms with Gasteiger partial charge in [-0.1, -0.05) is 53.8 Å². The zero-order valence-corrected chi connectivity index (χ0v) is 17.2. The summed E-state index contributed by atoms with van der Waals surface area (Å²) in [5, 5.41) is 9.69. The monoisotopic (exact) mass is 423 g/mol. The molecule has 0 unspecified atom stereocenters. The number of aromatic nitrogens is 2. The van der Waals surface area contributed by atoms with Crippen molar-refractivity contribution in [1.82, 2.24) is 9.97 Å². The van der Waals surface area contributed by atoms with E-state index in [1.807, 2.05) is 66.5 Å². The number of thiazole rings is 1. The molecule has 4 rings (SSSR count). The molecule has 0 saturated heterocycles. The Labute approximate surface area is 177 Å². The molecule has 8 heteroatoms. The molecule has 2 aromatic carbocycles. The van der Waals surface area contributed by atoms with Crippen molar-refractivity contribution >= 4 is 17.4 Å². The number of nitrogens with one attached hydrogen (secondary N) is 1. The van der Waals surface area contributed by atoms with Gasteiger partial charge in [-0.3, -0.25) is 9.78 Å². The smallest absolute Gasteiger partial charge is 0.307 e. The third-order valence-corrected chi connectivity index (χ3v) is 5.44. The van der Waals surface area contributed by atoms with Crippen molar-refractivity contribution in [2.45, 2.75) is 6.42 Å². The minimum Gasteiger partial charge on any atom is -0.494 e. The summed E-state index contributed by atoms with van der Waals surface area (Å²) < 4.78 is 11.4. The maximum Gasteiger partial charge on any atom is 0.307 e. The standard InChI is InChI=1S/C22H21N3O4S/c1-25(21-23-18(14-29-21)16-5-3-2-4-6-16)11-12-28-17-9-7-15(8-10-17)13-19-20(26)24-22(27)30-19/h2-10,14,26H,11-13H2,1H3,(H,24,27). The molecular formula is C22H21N3O4S. The highest BCUT2D eigenvalue weighted by atomic mass is 32.1. The first-order chi connectivity index (χ1) is 14.6. The Kier molecular flexibility index (Phi) is 5.85. The molecule has 0 aliphatic carbocycles. The van der Waals surface area contributed by atoms with Crippen molar-refractivity contribution in [3.63, 3.8) is 0 Å². The molecule has 7 nitrogen and oxygen atoms in total. The molecule has 2 N–H and O–H groups in total. The molecule has 0 aliphatic rings. The lowest BCUT2D eigenvalue weighted by atomic mass is 10.1. The second-order valence-corrected chi connectivity index (χ2v) is 7.83. The molecule has 0 spiro atoms. The molecule has 4 aromatic rings. The lowest BCUT2D eigenvalue weighted by Gasteiger charge is -2.15. The highest BCUT2D eigenvalue weighted by molar-refractivity contribution is 7.09. The predicted octanol–water partition coefficient (Wildman–Crippen LogP) is 3.90. The van der Waals surface area contributed by atoms with Crippen LogP contribution in [-0.2, 0) is 6.42 Å². The molecule has 0 atom stereocenters. The molecule has 0 saturated carbocycles. The van der Waals surface area contributed by atoms with Crippen LogP contribution in [0.25, 0.3) is 11.3 Å². The van der Waals surface area contributed by atoms with Gasteiger partial charge >= 0.3 is 4.87 Å². The van der Waals surface area contributed by atoms with Crippen molar-refractivity contribution in [1.29, 1.82) is 0 Å². The fraction of sp³-hybridized carbons (Fsp3) is 0.182. The Morgan fingerprint density at radius 3 is 2.63 bits per heavy atom. The van der Waals surface area contributed by atoms with Gasteiger partial charge in [0.05, 0.1) is 11.4 Å². The maximum absolute atomic E-state index is 11.3. The van der Waals surface area contributed by atoms with Crippen LogP contribution in [-0.4, -0.2) is 35.3 Å². The first-order valence-electron chi connectivity index (χ1n) is 9.43. The van der Waals surface area contributed by atoms with E-state index >= 15 is 0 Å². The van der Waals surface area contributed by atoms with Crippen molar-refractivity contribution in [3.8, 4) is 22.9 Å². The molecule has 0 bridgehead atoms. The van der Waals surface area contributed by atoms with Crippen LogP contribution in [0, 0.1) is 0 Å². The van der Waals surface area contributed by atoms with Crippen LogP contribution in [0.15, 0.2) is 70.1 Å². The summed E-state index contributed by atoms with van der Waals surface area (Å²) in [6.07, 6.45) is 2.14. The number of aromatic amines is 1. The maximum atomic E-state index is 11.3. The van der Waals surface area contributed by atoms with Crippen molar-refractivity contribution in [3.05, 3.63) is 81.0 Å². The van der Waals surface area contributed by atoms with Crippen LogP contribution in [0.2, 0.25) is 0 Å². The largest absolute Gasteiger partial charge is 0.494 e. The normalized spacial score (nSPS) is 10.8. The second kappa shape index (κ2) is 8.87. The molecule has 0 aliphatic heterocycles. The highest BCUT2D eigenvalue weighted by Gasteiger charge is 2.11. The van der Waals surface area contributed by atoms with E-state index in [2.05, 4.69) is 9.97 Å². The minimum atomic E-state index is -0.256. The zero-order valence-electron chi connectivity index (χ0n) is 16.4. The Morgan fingerprint density at radius 2 is 1.93 bits per heavy atom. The van der Waals surface area contributed by atoms with Gasteiger partial charge in [-0.15, -0.1) is 0 Å². The Hall–Kier alpha value is -3.52. The van der Waals surface area contributed by atoms with Crippen molar-refractivity contribution in [2.24, 2.45) is 0 Å². The molecular weight excluding hydrogens is 402 g/mol. The van der Waals surface area contributed by atoms with Gasteiger partial charge in [-0.2, -0.15) is 4.98 Å². The van der Waals surface area contributed by atoms with Crippen molar-refractivity contribution in [2.75, 3.05) is 25.1 Å². The van der Waals surface area contributed by atoms with Gasteiger partial charge in [-0.05, 0) is 17.7 Å². The van der Waals surface area contributed by atoms with Gasteiger partial charge in [0.25, 0.3) is 6.01 Å². The number of anilines is 1. The number of oxazole rings is 1. The molecule has 0 amide bonds. The number of likely N-dealkylation sites (N-methyl/N-ethyl adjacent to an activating group) is 1. The fourth-order valence-corrected chi connectivity index (χ4v) is 3.70. The van der Waals surface area contributed by atoms with Crippen LogP contribution >= 0.6 is 11.3 Å². The first kappa shape index (κ1) is 19.8. The van der Waals surface area contributed by atoms with E-state index in [1.165, 1.54) is 0 Å². The van der Waals surface area contributed by atoms with Crippen LogP contribution in [0.1, 0.15) is 10.4 Å². The number of hydrogen-bond donors (Lipinski definition) is 2. The summed E-state index contributed by atoms with van der Waals surface area (Å²) in [7, 11) is 1.90. The fourth-order valence-electron chi connectivity index (χ4n) is 2.94. The average Bonchev–Trinajstić information content (AvgIpc) is 3.37. The van der Waals surface area contributed by atoms with E-state index < -0.39 is 0 Å². The second-order valence-electron chi connectivity index (χ2n) is 6.76. The van der Waals surface area contributed by atoms with Gasteiger partial charge < -0.3 is 19.2 Å². The molecule has 0 fully saturated rings. The SMILES string of the molecule is CN(CCOc1ccc(Cc2sc(=O)[nH]c2O)cc1)c1nc(-c2ccccc2)co1. The van der Waals surface area contributed by atoms with Gasteiger partial charge in [-0.25, -0.2) is 0 Å². The van der Waals surface area contributed by atoms with E-state index in [-0.39, 0.29) is 10.8 Å². The van der Waals surface area contributed by atoms with Gasteiger partial charge in [0.15, 0.2) is 0 Å². The number of H-pyrrole nitrogens is 1. The molecule has 0 radical (unpaired) electrons. The quantitative estimate of drug-likeness (QED) is 0.447. The summed E-state index contributed by atoms with van der Waals surface area (Å²) >= 11 is 1.02. The lowest BCUT2D eigenvalue weighted by molar-refractivity contribution is 0.323. The van der Waals surface area contributed by atoms with E-state index in [1.54, 1.807) is 6.26 Å². The van der Waals surface area contributed by atoms with E-state index in [0.29, 0.717) is 30.5 Å². The van der Waals surface area contributed by atoms with E-state index in [0.717, 1.165) is 33.9 Å². The number of hydrogen-bond acceptors (Lipinski definition) is 7. The topological polar surface area (TPSA) is 91.6 Å². The van der Waals surface area contributed by atoms with Gasteiger partial charge in [0.1, 0.15) is 24.3 Å². The zero-order chi connectivity index (χ0) is 20.9. The number of benzene rings is 2. The Bertz CT molecular complexity index is 1150. The van der Waals surface area contributed by atoms with Crippen LogP contribution < -0.4 is 14.5 Å². The molecule has 2 heterocycles. The van der Waals surface area contributed by atoms with Crippen molar-refractivity contribution < 1.29 is 14.3 Å². The third kappa shape index (κ3) is 4.72. The van der Waals surface area contributed by atoms with Crippen LogP contribution in [0.3, 0.4) is 0 Å². The van der Waals surface area contributed by atoms with Crippen LogP contribution in [0.5, 0.6) is 11.6 Å². The summed E-state index contributed by atoms with van der Waals surface area (Å²) in [4.78, 5) is 20.4. The molecule has 2 aromatic heterocycles. The summed E-state index contributed by atoms with van der Waals surface area (Å²) in [6.45, 7) is 1.08. The number of aromatic hydroxyl groups is 1. The third-order valence-electron chi connectivity index (χ3n) is 4.57. The number of nitrogens with zero attached hydrogens (tertiary/aromatic N) is 2. The van der Waals surface area contributed by atoms with E-state index in [9.17, 15) is 9.90 Å². The number of rotatable bonds is 8. The number of ether oxygens (including phenoxy) is 1. The van der Waals surface area contributed by atoms with Crippen LogP contribution in [0.4, 0.5) is 6.01 Å². The average molecular weight is 423 g/mol. The predicted molar refractivity (Wildman–Crippen MR) is 117 cm³/mol.